The van der Waals surface area contributed by atoms with Gasteiger partial charge in [-0.05, 0) is 42.2 Å². The van der Waals surface area contributed by atoms with Crippen LogP contribution >= 0.6 is 8.58 Å². The lowest BCUT2D eigenvalue weighted by molar-refractivity contribution is 0.634. The SMILES string of the molecule is CCCCCC(CC)Pc1ccccc1CCCC. The van der Waals surface area contributed by atoms with Crippen LogP contribution in [0.25, 0.3) is 0 Å². The summed E-state index contributed by atoms with van der Waals surface area (Å²) in [6.45, 7) is 6.94. The highest BCUT2D eigenvalue weighted by Crippen LogP contribution is 2.28. The molecule has 0 aliphatic heterocycles. The smallest absolute Gasteiger partial charge is 0.0199 e. The number of aryl methyl sites for hydroxylation is 1. The minimum absolute atomic E-state index is 0.911. The molecule has 0 aliphatic rings. The monoisotopic (exact) mass is 278 g/mol. The van der Waals surface area contributed by atoms with E-state index in [-0.39, 0.29) is 0 Å². The molecule has 0 fully saturated rings. The first-order valence-corrected chi connectivity index (χ1v) is 9.23. The molecule has 1 aromatic rings. The van der Waals surface area contributed by atoms with Crippen molar-refractivity contribution in [3.05, 3.63) is 29.8 Å². The highest BCUT2D eigenvalue weighted by atomic mass is 31.1. The topological polar surface area (TPSA) is 0 Å². The molecule has 0 saturated heterocycles. The Kier molecular flexibility index (Phi) is 9.18. The van der Waals surface area contributed by atoms with E-state index < -0.39 is 0 Å². The normalized spacial score (nSPS) is 13.2. The molecule has 0 N–H and O–H groups in total. The van der Waals surface area contributed by atoms with Gasteiger partial charge in [-0.3, -0.25) is 0 Å². The van der Waals surface area contributed by atoms with Crippen molar-refractivity contribution in [1.29, 1.82) is 0 Å². The van der Waals surface area contributed by atoms with Gasteiger partial charge in [0.15, 0.2) is 0 Å². The second-order valence-electron chi connectivity index (χ2n) is 5.51. The molecule has 0 radical (unpaired) electrons. The fourth-order valence-electron chi connectivity index (χ4n) is 2.49. The van der Waals surface area contributed by atoms with Gasteiger partial charge in [-0.1, -0.05) is 79.3 Å². The zero-order chi connectivity index (χ0) is 13.9. The first kappa shape index (κ1) is 16.7. The Morgan fingerprint density at radius 2 is 1.68 bits per heavy atom. The van der Waals surface area contributed by atoms with Gasteiger partial charge in [0, 0.05) is 0 Å². The standard InChI is InChI=1S/C18H31P/c1-4-7-9-14-17(6-3)19-18-15-11-10-13-16(18)12-8-5-2/h10-11,13,15,17,19H,4-9,12,14H2,1-3H3. The molecule has 0 nitrogen and oxygen atoms in total. The molecule has 2 unspecified atom stereocenters. The van der Waals surface area contributed by atoms with E-state index in [0.29, 0.717) is 0 Å². The maximum atomic E-state index is 2.37. The minimum atomic E-state index is 0.911. The molecule has 1 rings (SSSR count). The van der Waals surface area contributed by atoms with Gasteiger partial charge >= 0.3 is 0 Å². The summed E-state index contributed by atoms with van der Waals surface area (Å²) in [5, 5.41) is 1.64. The van der Waals surface area contributed by atoms with Crippen LogP contribution < -0.4 is 5.30 Å². The second kappa shape index (κ2) is 10.4. The largest absolute Gasteiger partial charge is 0.0869 e. The Labute approximate surface area is 122 Å². The third kappa shape index (κ3) is 6.57. The first-order valence-electron chi connectivity index (χ1n) is 8.16. The first-order chi connectivity index (χ1) is 9.31. The Bertz CT molecular complexity index is 332. The van der Waals surface area contributed by atoms with Crippen LogP contribution in [-0.2, 0) is 6.42 Å². The van der Waals surface area contributed by atoms with Crippen LogP contribution in [0, 0.1) is 0 Å². The fourth-order valence-corrected chi connectivity index (χ4v) is 4.06. The summed E-state index contributed by atoms with van der Waals surface area (Å²) >= 11 is 0. The number of hydrogen-bond donors (Lipinski definition) is 0. The summed E-state index contributed by atoms with van der Waals surface area (Å²) in [6.07, 6.45) is 10.8. The predicted molar refractivity (Wildman–Crippen MR) is 91.2 cm³/mol. The molecule has 1 heteroatoms. The molecule has 0 amide bonds. The number of hydrogen-bond acceptors (Lipinski definition) is 0. The summed E-state index contributed by atoms with van der Waals surface area (Å²) in [6, 6.07) is 9.14. The molecule has 0 saturated carbocycles. The predicted octanol–water partition coefficient (Wildman–Crippen LogP) is 5.69. The number of rotatable bonds is 10. The minimum Gasteiger partial charge on any atom is -0.0869 e. The molecule has 108 valence electrons. The van der Waals surface area contributed by atoms with E-state index in [4.69, 9.17) is 0 Å². The summed E-state index contributed by atoms with van der Waals surface area (Å²) in [5.74, 6) is 0. The molecule has 0 aliphatic carbocycles. The van der Waals surface area contributed by atoms with Crippen molar-refractivity contribution < 1.29 is 0 Å². The van der Waals surface area contributed by atoms with E-state index in [1.165, 1.54) is 51.4 Å². The van der Waals surface area contributed by atoms with E-state index in [0.717, 1.165) is 14.2 Å². The lowest BCUT2D eigenvalue weighted by Crippen LogP contribution is -2.10. The zero-order valence-electron chi connectivity index (χ0n) is 13.0. The maximum Gasteiger partial charge on any atom is -0.0199 e. The van der Waals surface area contributed by atoms with Crippen LogP contribution in [0.15, 0.2) is 24.3 Å². The lowest BCUT2D eigenvalue weighted by Gasteiger charge is -2.17. The molecule has 2 atom stereocenters. The summed E-state index contributed by atoms with van der Waals surface area (Å²) in [7, 11) is 1.02. The van der Waals surface area contributed by atoms with Gasteiger partial charge < -0.3 is 0 Å². The molecule has 1 aromatic carbocycles. The van der Waals surface area contributed by atoms with Gasteiger partial charge in [0.2, 0.25) is 0 Å². The average Bonchev–Trinajstić information content (AvgIpc) is 2.45. The van der Waals surface area contributed by atoms with Gasteiger partial charge in [0.25, 0.3) is 0 Å². The summed E-state index contributed by atoms with van der Waals surface area (Å²) < 4.78 is 0. The molecule has 0 heterocycles. The quantitative estimate of drug-likeness (QED) is 0.381. The van der Waals surface area contributed by atoms with Crippen LogP contribution in [0.5, 0.6) is 0 Å². The van der Waals surface area contributed by atoms with Crippen LogP contribution in [0.3, 0.4) is 0 Å². The Balaban J connectivity index is 2.57. The van der Waals surface area contributed by atoms with Crippen molar-refractivity contribution >= 4 is 13.9 Å². The molecule has 19 heavy (non-hydrogen) atoms. The maximum absolute atomic E-state index is 2.37. The van der Waals surface area contributed by atoms with Crippen molar-refractivity contribution in [3.8, 4) is 0 Å². The van der Waals surface area contributed by atoms with Crippen LogP contribution in [0.4, 0.5) is 0 Å². The Morgan fingerprint density at radius 3 is 2.37 bits per heavy atom. The third-order valence-electron chi connectivity index (χ3n) is 3.83. The third-order valence-corrected chi connectivity index (χ3v) is 5.73. The van der Waals surface area contributed by atoms with E-state index >= 15 is 0 Å². The fraction of sp³-hybridized carbons (Fsp3) is 0.667. The van der Waals surface area contributed by atoms with E-state index in [2.05, 4.69) is 45.0 Å². The molecule has 0 spiro atoms. The zero-order valence-corrected chi connectivity index (χ0v) is 14.0. The van der Waals surface area contributed by atoms with Crippen molar-refractivity contribution in [1.82, 2.24) is 0 Å². The van der Waals surface area contributed by atoms with Crippen molar-refractivity contribution in [2.24, 2.45) is 0 Å². The van der Waals surface area contributed by atoms with E-state index in [1.807, 2.05) is 0 Å². The van der Waals surface area contributed by atoms with Gasteiger partial charge in [-0.15, -0.1) is 0 Å². The van der Waals surface area contributed by atoms with Crippen molar-refractivity contribution in [2.45, 2.75) is 77.8 Å². The van der Waals surface area contributed by atoms with E-state index in [9.17, 15) is 0 Å². The lowest BCUT2D eigenvalue weighted by atomic mass is 10.1. The van der Waals surface area contributed by atoms with Gasteiger partial charge in [0.1, 0.15) is 0 Å². The van der Waals surface area contributed by atoms with Gasteiger partial charge in [-0.25, -0.2) is 0 Å². The highest BCUT2D eigenvalue weighted by molar-refractivity contribution is 7.48. The van der Waals surface area contributed by atoms with Crippen molar-refractivity contribution in [3.63, 3.8) is 0 Å². The molecule has 0 aromatic heterocycles. The molecular weight excluding hydrogens is 247 g/mol. The van der Waals surface area contributed by atoms with Gasteiger partial charge in [0.05, 0.1) is 0 Å². The van der Waals surface area contributed by atoms with Crippen LogP contribution in [0.2, 0.25) is 0 Å². The van der Waals surface area contributed by atoms with Gasteiger partial charge in [-0.2, -0.15) is 0 Å². The molecular formula is C18H31P. The highest BCUT2D eigenvalue weighted by Gasteiger charge is 2.09. The number of benzene rings is 1. The second-order valence-corrected chi connectivity index (χ2v) is 7.15. The van der Waals surface area contributed by atoms with Crippen LogP contribution in [0.1, 0.15) is 71.3 Å². The Morgan fingerprint density at radius 1 is 0.947 bits per heavy atom. The summed E-state index contributed by atoms with van der Waals surface area (Å²) in [4.78, 5) is 0. The summed E-state index contributed by atoms with van der Waals surface area (Å²) in [5.41, 5.74) is 2.52. The van der Waals surface area contributed by atoms with Crippen LogP contribution in [-0.4, -0.2) is 5.66 Å². The Hall–Kier alpha value is -0.350. The van der Waals surface area contributed by atoms with Crippen molar-refractivity contribution in [2.75, 3.05) is 0 Å². The average molecular weight is 278 g/mol. The number of unbranched alkanes of at least 4 members (excludes halogenated alkanes) is 3. The van der Waals surface area contributed by atoms with E-state index in [1.54, 1.807) is 10.9 Å². The molecule has 0 bridgehead atoms.